The Morgan fingerprint density at radius 1 is 1.40 bits per heavy atom. The van der Waals surface area contributed by atoms with Crippen LogP contribution >= 0.6 is 0 Å². The zero-order valence-corrected chi connectivity index (χ0v) is 5.75. The summed E-state index contributed by atoms with van der Waals surface area (Å²) in [6, 6.07) is 1.89. The summed E-state index contributed by atoms with van der Waals surface area (Å²) in [5, 5.41) is 26.8. The molecular weight excluding hydrogens is 130 g/mol. The zero-order chi connectivity index (χ0) is 7.61. The van der Waals surface area contributed by atoms with Gasteiger partial charge in [0.05, 0.1) is 12.0 Å². The maximum Gasteiger partial charge on any atom is 0.178 e. The van der Waals surface area contributed by atoms with Crippen LogP contribution in [-0.2, 0) is 0 Å². The van der Waals surface area contributed by atoms with E-state index < -0.39 is 11.7 Å². The predicted octanol–water partition coefficient (Wildman–Crippen LogP) is 0.381. The third kappa shape index (κ3) is 1.28. The standard InChI is InChI=1S/C7H11NO2/c8-5-6-3-1-2-4-7(6,9)10/h6,9-10H,1-4H2. The molecule has 56 valence electrons. The Labute approximate surface area is 59.9 Å². The Hall–Kier alpha value is -0.590. The van der Waals surface area contributed by atoms with Gasteiger partial charge in [-0.05, 0) is 12.8 Å². The Bertz CT molecular complexity index is 159. The lowest BCUT2D eigenvalue weighted by atomic mass is 9.84. The molecule has 0 aromatic carbocycles. The minimum atomic E-state index is -1.72. The van der Waals surface area contributed by atoms with Crippen molar-refractivity contribution in [3.63, 3.8) is 0 Å². The molecular formula is C7H11NO2. The van der Waals surface area contributed by atoms with Gasteiger partial charge in [-0.3, -0.25) is 0 Å². The first kappa shape index (κ1) is 7.52. The number of aliphatic hydroxyl groups is 2. The lowest BCUT2D eigenvalue weighted by Crippen LogP contribution is -2.39. The quantitative estimate of drug-likeness (QED) is 0.479. The van der Waals surface area contributed by atoms with Gasteiger partial charge in [-0.25, -0.2) is 0 Å². The van der Waals surface area contributed by atoms with Gasteiger partial charge < -0.3 is 10.2 Å². The van der Waals surface area contributed by atoms with Crippen molar-refractivity contribution in [2.45, 2.75) is 31.5 Å². The van der Waals surface area contributed by atoms with Gasteiger partial charge in [0.25, 0.3) is 0 Å². The lowest BCUT2D eigenvalue weighted by Gasteiger charge is -2.30. The van der Waals surface area contributed by atoms with Crippen LogP contribution in [0.25, 0.3) is 0 Å². The second-order valence-corrected chi connectivity index (χ2v) is 2.81. The van der Waals surface area contributed by atoms with E-state index >= 15 is 0 Å². The normalized spacial score (nSPS) is 31.1. The van der Waals surface area contributed by atoms with Crippen LogP contribution in [0.5, 0.6) is 0 Å². The van der Waals surface area contributed by atoms with Gasteiger partial charge in [0, 0.05) is 6.42 Å². The van der Waals surface area contributed by atoms with Crippen molar-refractivity contribution in [3.8, 4) is 6.07 Å². The summed E-state index contributed by atoms with van der Waals surface area (Å²) in [5.41, 5.74) is 0. The molecule has 1 saturated carbocycles. The topological polar surface area (TPSA) is 64.2 Å². The highest BCUT2D eigenvalue weighted by Crippen LogP contribution is 2.30. The maximum atomic E-state index is 9.17. The molecule has 0 spiro atoms. The Kier molecular flexibility index (Phi) is 1.93. The zero-order valence-electron chi connectivity index (χ0n) is 5.75. The first-order valence-corrected chi connectivity index (χ1v) is 3.51. The van der Waals surface area contributed by atoms with E-state index in [4.69, 9.17) is 15.5 Å². The number of hydrogen-bond acceptors (Lipinski definition) is 3. The number of nitriles is 1. The van der Waals surface area contributed by atoms with E-state index in [2.05, 4.69) is 0 Å². The largest absolute Gasteiger partial charge is 0.365 e. The van der Waals surface area contributed by atoms with Crippen molar-refractivity contribution < 1.29 is 10.2 Å². The summed E-state index contributed by atoms with van der Waals surface area (Å²) in [4.78, 5) is 0. The molecule has 0 radical (unpaired) electrons. The fourth-order valence-corrected chi connectivity index (χ4v) is 1.31. The predicted molar refractivity (Wildman–Crippen MR) is 34.7 cm³/mol. The van der Waals surface area contributed by atoms with Gasteiger partial charge in [-0.15, -0.1) is 0 Å². The smallest absolute Gasteiger partial charge is 0.178 e. The first-order chi connectivity index (χ1) is 4.67. The fourth-order valence-electron chi connectivity index (χ4n) is 1.31. The molecule has 0 aliphatic heterocycles. The van der Waals surface area contributed by atoms with E-state index in [-0.39, 0.29) is 0 Å². The lowest BCUT2D eigenvalue weighted by molar-refractivity contribution is -0.202. The summed E-state index contributed by atoms with van der Waals surface area (Å²) in [6.07, 6.45) is 2.70. The second-order valence-electron chi connectivity index (χ2n) is 2.81. The van der Waals surface area contributed by atoms with Crippen molar-refractivity contribution >= 4 is 0 Å². The highest BCUT2D eigenvalue weighted by molar-refractivity contribution is 4.94. The monoisotopic (exact) mass is 141 g/mol. The molecule has 3 heteroatoms. The molecule has 1 unspecified atom stereocenters. The minimum Gasteiger partial charge on any atom is -0.365 e. The summed E-state index contributed by atoms with van der Waals surface area (Å²) in [5.74, 6) is -2.30. The van der Waals surface area contributed by atoms with E-state index in [1.54, 1.807) is 0 Å². The SMILES string of the molecule is N#CC1CCCCC1(O)O. The minimum absolute atomic E-state index is 0.339. The van der Waals surface area contributed by atoms with Crippen molar-refractivity contribution in [1.29, 1.82) is 5.26 Å². The molecule has 0 aromatic heterocycles. The molecule has 1 aliphatic rings. The van der Waals surface area contributed by atoms with E-state index in [0.29, 0.717) is 12.8 Å². The molecule has 3 nitrogen and oxygen atoms in total. The molecule has 10 heavy (non-hydrogen) atoms. The third-order valence-corrected chi connectivity index (χ3v) is 2.00. The number of nitrogens with zero attached hydrogens (tertiary/aromatic N) is 1. The molecule has 1 atom stereocenters. The fraction of sp³-hybridized carbons (Fsp3) is 0.857. The van der Waals surface area contributed by atoms with Crippen LogP contribution in [0.3, 0.4) is 0 Å². The highest BCUT2D eigenvalue weighted by Gasteiger charge is 2.36. The van der Waals surface area contributed by atoms with Gasteiger partial charge in [0.2, 0.25) is 0 Å². The summed E-state index contributed by atoms with van der Waals surface area (Å²) in [6.45, 7) is 0. The van der Waals surface area contributed by atoms with E-state index in [1.165, 1.54) is 0 Å². The average Bonchev–Trinajstić information content (AvgIpc) is 1.87. The molecule has 1 rings (SSSR count). The molecule has 1 fully saturated rings. The van der Waals surface area contributed by atoms with Crippen LogP contribution in [0.4, 0.5) is 0 Å². The van der Waals surface area contributed by atoms with Crippen LogP contribution in [0.15, 0.2) is 0 Å². The van der Waals surface area contributed by atoms with E-state index in [1.807, 2.05) is 6.07 Å². The second kappa shape index (κ2) is 2.57. The van der Waals surface area contributed by atoms with E-state index in [0.717, 1.165) is 12.8 Å². The van der Waals surface area contributed by atoms with Crippen molar-refractivity contribution in [2.24, 2.45) is 5.92 Å². The van der Waals surface area contributed by atoms with Crippen LogP contribution in [0, 0.1) is 17.2 Å². The Morgan fingerprint density at radius 2 is 2.10 bits per heavy atom. The van der Waals surface area contributed by atoms with Crippen molar-refractivity contribution in [1.82, 2.24) is 0 Å². The summed E-state index contributed by atoms with van der Waals surface area (Å²) in [7, 11) is 0. The van der Waals surface area contributed by atoms with Gasteiger partial charge in [0.1, 0.15) is 0 Å². The van der Waals surface area contributed by atoms with Gasteiger partial charge in [-0.1, -0.05) is 6.42 Å². The molecule has 0 amide bonds. The maximum absolute atomic E-state index is 9.17. The molecule has 1 aliphatic carbocycles. The summed E-state index contributed by atoms with van der Waals surface area (Å²) >= 11 is 0. The average molecular weight is 141 g/mol. The van der Waals surface area contributed by atoms with Crippen LogP contribution in [0.1, 0.15) is 25.7 Å². The van der Waals surface area contributed by atoms with Gasteiger partial charge in [-0.2, -0.15) is 5.26 Å². The van der Waals surface area contributed by atoms with Gasteiger partial charge >= 0.3 is 0 Å². The van der Waals surface area contributed by atoms with Crippen molar-refractivity contribution in [3.05, 3.63) is 0 Å². The van der Waals surface area contributed by atoms with Gasteiger partial charge in [0.15, 0.2) is 5.79 Å². The first-order valence-electron chi connectivity index (χ1n) is 3.51. The third-order valence-electron chi connectivity index (χ3n) is 2.00. The Balaban J connectivity index is 2.62. The Morgan fingerprint density at radius 3 is 2.50 bits per heavy atom. The van der Waals surface area contributed by atoms with Crippen LogP contribution in [0.2, 0.25) is 0 Å². The molecule has 0 saturated heterocycles. The van der Waals surface area contributed by atoms with Crippen molar-refractivity contribution in [2.75, 3.05) is 0 Å². The number of hydrogen-bond donors (Lipinski definition) is 2. The van der Waals surface area contributed by atoms with Crippen LogP contribution in [-0.4, -0.2) is 16.0 Å². The molecule has 0 bridgehead atoms. The highest BCUT2D eigenvalue weighted by atomic mass is 16.5. The van der Waals surface area contributed by atoms with E-state index in [9.17, 15) is 0 Å². The molecule has 0 heterocycles. The molecule has 2 N–H and O–H groups in total. The molecule has 0 aromatic rings. The summed E-state index contributed by atoms with van der Waals surface area (Å²) < 4.78 is 0. The number of rotatable bonds is 0. The van der Waals surface area contributed by atoms with Crippen LogP contribution < -0.4 is 0 Å².